The molecule has 0 aromatic rings. The molecule has 0 radical (unpaired) electrons. The third-order valence-corrected chi connectivity index (χ3v) is 5.35. The molecule has 106 valence electrons. The maximum atomic E-state index is 12.2. The van der Waals surface area contributed by atoms with Crippen LogP contribution in [0.25, 0.3) is 0 Å². The van der Waals surface area contributed by atoms with Crippen LogP contribution < -0.4 is 11.1 Å². The monoisotopic (exact) mass is 266 g/mol. The average molecular weight is 266 g/mol. The number of carboxylic acids is 1. The highest BCUT2D eigenvalue weighted by molar-refractivity contribution is 5.81. The van der Waals surface area contributed by atoms with E-state index in [0.717, 1.165) is 38.5 Å². The highest BCUT2D eigenvalue weighted by Gasteiger charge is 2.51. The standard InChI is InChI=1S/C14H22N2O3/c15-10-4-3-9(6-10)13(17)16-12-8-2-1-7(5-8)11(12)14(18)19/h7-12H,1-6,15H2,(H,16,17)(H,18,19). The van der Waals surface area contributed by atoms with E-state index in [1.165, 1.54) is 0 Å². The van der Waals surface area contributed by atoms with Crippen molar-refractivity contribution in [3.05, 3.63) is 0 Å². The van der Waals surface area contributed by atoms with Crippen LogP contribution in [0.2, 0.25) is 0 Å². The van der Waals surface area contributed by atoms with Gasteiger partial charge in [0.15, 0.2) is 0 Å². The summed E-state index contributed by atoms with van der Waals surface area (Å²) in [5.74, 6) is -0.484. The van der Waals surface area contributed by atoms with Crippen molar-refractivity contribution in [2.45, 2.75) is 50.6 Å². The molecule has 3 rings (SSSR count). The molecule has 6 atom stereocenters. The highest BCUT2D eigenvalue weighted by atomic mass is 16.4. The van der Waals surface area contributed by atoms with Crippen LogP contribution in [-0.4, -0.2) is 29.1 Å². The molecule has 6 unspecified atom stereocenters. The summed E-state index contributed by atoms with van der Waals surface area (Å²) in [6.07, 6.45) is 5.51. The van der Waals surface area contributed by atoms with Gasteiger partial charge in [-0.05, 0) is 50.4 Å². The first-order valence-corrected chi connectivity index (χ1v) is 7.35. The SMILES string of the molecule is NC1CCC(C(=O)NC2C3CCC(C3)C2C(=O)O)C1. The number of aliphatic carboxylic acids is 1. The summed E-state index contributed by atoms with van der Waals surface area (Å²) >= 11 is 0. The Morgan fingerprint density at radius 3 is 2.42 bits per heavy atom. The number of carbonyl (C=O) groups excluding carboxylic acids is 1. The molecule has 3 saturated carbocycles. The van der Waals surface area contributed by atoms with Crippen LogP contribution in [-0.2, 0) is 9.59 Å². The maximum absolute atomic E-state index is 12.2. The fraction of sp³-hybridized carbons (Fsp3) is 0.857. The van der Waals surface area contributed by atoms with Gasteiger partial charge < -0.3 is 16.2 Å². The van der Waals surface area contributed by atoms with E-state index in [4.69, 9.17) is 5.73 Å². The molecule has 1 amide bonds. The van der Waals surface area contributed by atoms with E-state index >= 15 is 0 Å². The molecular weight excluding hydrogens is 244 g/mol. The number of carbonyl (C=O) groups is 2. The van der Waals surface area contributed by atoms with Gasteiger partial charge in [0, 0.05) is 18.0 Å². The molecule has 0 aromatic heterocycles. The van der Waals surface area contributed by atoms with E-state index in [-0.39, 0.29) is 35.7 Å². The first-order valence-electron chi connectivity index (χ1n) is 7.35. The second-order valence-electron chi connectivity index (χ2n) is 6.50. The third kappa shape index (κ3) is 2.24. The van der Waals surface area contributed by atoms with Crippen LogP contribution in [0.4, 0.5) is 0 Å². The lowest BCUT2D eigenvalue weighted by atomic mass is 9.84. The van der Waals surface area contributed by atoms with Crippen molar-refractivity contribution in [1.29, 1.82) is 0 Å². The second-order valence-corrected chi connectivity index (χ2v) is 6.50. The second kappa shape index (κ2) is 4.78. The van der Waals surface area contributed by atoms with E-state index in [1.807, 2.05) is 0 Å². The van der Waals surface area contributed by atoms with Crippen LogP contribution in [0.5, 0.6) is 0 Å². The largest absolute Gasteiger partial charge is 0.481 e. The first kappa shape index (κ1) is 12.9. The molecule has 19 heavy (non-hydrogen) atoms. The van der Waals surface area contributed by atoms with Gasteiger partial charge >= 0.3 is 5.97 Å². The van der Waals surface area contributed by atoms with E-state index in [9.17, 15) is 14.7 Å². The molecule has 5 heteroatoms. The van der Waals surface area contributed by atoms with E-state index in [1.54, 1.807) is 0 Å². The normalized spacial score (nSPS) is 44.5. The van der Waals surface area contributed by atoms with E-state index in [0.29, 0.717) is 5.92 Å². The molecule has 0 heterocycles. The Hall–Kier alpha value is -1.10. The topological polar surface area (TPSA) is 92.4 Å². The predicted molar refractivity (Wildman–Crippen MR) is 69.2 cm³/mol. The van der Waals surface area contributed by atoms with Gasteiger partial charge in [-0.2, -0.15) is 0 Å². The molecule has 5 nitrogen and oxygen atoms in total. The molecule has 0 saturated heterocycles. The molecule has 0 spiro atoms. The number of hydrogen-bond acceptors (Lipinski definition) is 3. The molecule has 2 bridgehead atoms. The minimum Gasteiger partial charge on any atom is -0.481 e. The number of hydrogen-bond donors (Lipinski definition) is 3. The van der Waals surface area contributed by atoms with Crippen molar-refractivity contribution in [2.24, 2.45) is 29.4 Å². The van der Waals surface area contributed by atoms with Gasteiger partial charge in [0.1, 0.15) is 0 Å². The minimum absolute atomic E-state index is 0.0106. The molecular formula is C14H22N2O3. The summed E-state index contributed by atoms with van der Waals surface area (Å²) in [7, 11) is 0. The Kier molecular flexibility index (Phi) is 3.25. The summed E-state index contributed by atoms with van der Waals surface area (Å²) in [6, 6.07) is -0.0216. The molecule has 0 aromatic carbocycles. The number of rotatable bonds is 3. The van der Waals surface area contributed by atoms with Gasteiger partial charge in [0.05, 0.1) is 5.92 Å². The van der Waals surface area contributed by atoms with Gasteiger partial charge in [-0.25, -0.2) is 0 Å². The fourth-order valence-corrected chi connectivity index (χ4v) is 4.39. The van der Waals surface area contributed by atoms with Gasteiger partial charge in [0.2, 0.25) is 5.91 Å². The summed E-state index contributed by atoms with van der Waals surface area (Å²) in [6.45, 7) is 0. The third-order valence-electron chi connectivity index (χ3n) is 5.35. The lowest BCUT2D eigenvalue weighted by Gasteiger charge is -2.29. The average Bonchev–Trinajstić information content (AvgIpc) is 3.03. The summed E-state index contributed by atoms with van der Waals surface area (Å²) < 4.78 is 0. The number of nitrogens with one attached hydrogen (secondary N) is 1. The Morgan fingerprint density at radius 2 is 1.79 bits per heavy atom. The van der Waals surface area contributed by atoms with Crippen LogP contribution in [0.15, 0.2) is 0 Å². The Labute approximate surface area is 112 Å². The van der Waals surface area contributed by atoms with Crippen LogP contribution in [0, 0.1) is 23.7 Å². The van der Waals surface area contributed by atoms with Gasteiger partial charge in [0.25, 0.3) is 0 Å². The molecule has 3 aliphatic rings. The quantitative estimate of drug-likeness (QED) is 0.702. The zero-order chi connectivity index (χ0) is 13.6. The molecule has 3 aliphatic carbocycles. The molecule has 4 N–H and O–H groups in total. The first-order chi connectivity index (χ1) is 9.06. The number of nitrogens with two attached hydrogens (primary N) is 1. The Bertz CT molecular complexity index is 398. The van der Waals surface area contributed by atoms with E-state index < -0.39 is 5.97 Å². The lowest BCUT2D eigenvalue weighted by molar-refractivity contribution is -0.145. The summed E-state index contributed by atoms with van der Waals surface area (Å²) in [5.41, 5.74) is 5.83. The van der Waals surface area contributed by atoms with Crippen molar-refractivity contribution in [3.8, 4) is 0 Å². The Morgan fingerprint density at radius 1 is 1.05 bits per heavy atom. The number of carboxylic acid groups (broad SMARTS) is 1. The fourth-order valence-electron chi connectivity index (χ4n) is 4.39. The van der Waals surface area contributed by atoms with E-state index in [2.05, 4.69) is 5.32 Å². The summed E-state index contributed by atoms with van der Waals surface area (Å²) in [4.78, 5) is 23.6. The zero-order valence-corrected chi connectivity index (χ0v) is 11.0. The van der Waals surface area contributed by atoms with Crippen molar-refractivity contribution in [1.82, 2.24) is 5.32 Å². The number of amides is 1. The van der Waals surface area contributed by atoms with Crippen molar-refractivity contribution in [3.63, 3.8) is 0 Å². The van der Waals surface area contributed by atoms with Gasteiger partial charge in [-0.1, -0.05) is 0 Å². The summed E-state index contributed by atoms with van der Waals surface area (Å²) in [5, 5.41) is 12.4. The van der Waals surface area contributed by atoms with Crippen molar-refractivity contribution < 1.29 is 14.7 Å². The molecule has 3 fully saturated rings. The lowest BCUT2D eigenvalue weighted by Crippen LogP contribution is -2.48. The van der Waals surface area contributed by atoms with Gasteiger partial charge in [-0.15, -0.1) is 0 Å². The Balaban J connectivity index is 1.65. The number of fused-ring (bicyclic) bond motifs is 2. The smallest absolute Gasteiger partial charge is 0.308 e. The highest BCUT2D eigenvalue weighted by Crippen LogP contribution is 2.48. The zero-order valence-electron chi connectivity index (χ0n) is 11.0. The van der Waals surface area contributed by atoms with Crippen LogP contribution in [0.3, 0.4) is 0 Å². The van der Waals surface area contributed by atoms with Crippen LogP contribution in [0.1, 0.15) is 38.5 Å². The van der Waals surface area contributed by atoms with Crippen LogP contribution >= 0.6 is 0 Å². The van der Waals surface area contributed by atoms with Crippen molar-refractivity contribution in [2.75, 3.05) is 0 Å². The van der Waals surface area contributed by atoms with Gasteiger partial charge in [-0.3, -0.25) is 9.59 Å². The van der Waals surface area contributed by atoms with Crippen molar-refractivity contribution >= 4 is 11.9 Å². The maximum Gasteiger partial charge on any atom is 0.308 e. The molecule has 0 aliphatic heterocycles. The predicted octanol–water partition coefficient (Wildman–Crippen LogP) is 0.729. The minimum atomic E-state index is -0.749.